The molecule has 0 atom stereocenters. The van der Waals surface area contributed by atoms with Crippen LogP contribution in [0.3, 0.4) is 0 Å². The average Bonchev–Trinajstić information content (AvgIpc) is 4.10. The summed E-state index contributed by atoms with van der Waals surface area (Å²) in [5.74, 6) is 0.632. The summed E-state index contributed by atoms with van der Waals surface area (Å²) in [5.41, 5.74) is 16.0. The van der Waals surface area contributed by atoms with Crippen molar-refractivity contribution < 1.29 is 4.42 Å². The Morgan fingerprint density at radius 2 is 1.00 bits per heavy atom. The highest BCUT2D eigenvalue weighted by molar-refractivity contribution is 6.37. The third-order valence-corrected chi connectivity index (χ3v) is 14.4. The van der Waals surface area contributed by atoms with Crippen LogP contribution in [-0.2, 0) is 0 Å². The molecule has 0 amide bonds. The molecule has 66 heavy (non-hydrogen) atoms. The quantitative estimate of drug-likeness (QED) is 0.166. The summed E-state index contributed by atoms with van der Waals surface area (Å²) in [6.45, 7) is 0. The number of hydrogen-bond donors (Lipinski definition) is 0. The van der Waals surface area contributed by atoms with Gasteiger partial charge in [-0.05, 0) is 83.2 Å². The van der Waals surface area contributed by atoms with Crippen molar-refractivity contribution in [1.82, 2.24) is 23.5 Å². The van der Waals surface area contributed by atoms with E-state index < -0.39 is 0 Å². The molecule has 0 bridgehead atoms. The van der Waals surface area contributed by atoms with Crippen molar-refractivity contribution in [1.29, 1.82) is 0 Å². The van der Waals surface area contributed by atoms with E-state index in [0.717, 1.165) is 93.6 Å². The van der Waals surface area contributed by atoms with Crippen molar-refractivity contribution in [3.8, 4) is 34.0 Å². The summed E-state index contributed by atoms with van der Waals surface area (Å²) in [5, 5.41) is 12.8. The fourth-order valence-electron chi connectivity index (χ4n) is 11.6. The van der Waals surface area contributed by atoms with Gasteiger partial charge in [0.25, 0.3) is 0 Å². The van der Waals surface area contributed by atoms with Gasteiger partial charge >= 0.3 is 0 Å². The van der Waals surface area contributed by atoms with E-state index in [2.05, 4.69) is 214 Å². The Kier molecular flexibility index (Phi) is 6.47. The molecule has 16 rings (SSSR count). The molecule has 0 radical (unpaired) electrons. The molecule has 0 spiro atoms. The summed E-state index contributed by atoms with van der Waals surface area (Å²) in [7, 11) is 0. The molecule has 0 N–H and O–H groups in total. The number of para-hydroxylation sites is 3. The molecule has 16 aromatic rings. The zero-order valence-electron chi connectivity index (χ0n) is 35.2. The molecule has 0 fully saturated rings. The second-order valence-electron chi connectivity index (χ2n) is 17.7. The van der Waals surface area contributed by atoms with Crippen molar-refractivity contribution in [2.75, 3.05) is 0 Å². The maximum Gasteiger partial charge on any atom is 0.235 e. The molecule has 0 aliphatic heterocycles. The third kappa shape index (κ3) is 4.35. The minimum atomic E-state index is 0.632. The summed E-state index contributed by atoms with van der Waals surface area (Å²) >= 11 is 0. The van der Waals surface area contributed by atoms with Crippen LogP contribution in [0.25, 0.3) is 149 Å². The monoisotopic (exact) mass is 839 g/mol. The van der Waals surface area contributed by atoms with Gasteiger partial charge in [0.1, 0.15) is 11.2 Å². The summed E-state index contributed by atoms with van der Waals surface area (Å²) in [4.78, 5) is 11.2. The molecular weight excluding hydrogens is 807 g/mol. The van der Waals surface area contributed by atoms with Crippen molar-refractivity contribution in [2.24, 2.45) is 0 Å². The van der Waals surface area contributed by atoms with Crippen molar-refractivity contribution in [2.45, 2.75) is 0 Å². The highest BCUT2D eigenvalue weighted by atomic mass is 16.3. The Labute approximate surface area is 375 Å². The first kappa shape index (κ1) is 34.5. The van der Waals surface area contributed by atoms with Crippen LogP contribution in [0, 0.1) is 0 Å². The van der Waals surface area contributed by atoms with Gasteiger partial charge in [-0.25, -0.2) is 9.97 Å². The molecule has 0 saturated heterocycles. The SMILES string of the molecule is c1ccc(-n2c3ccccc3c3ccc(-c4ccc(-c5nc(-n6c7ccc8oc9cccc%10c9c8c7c7c6ccc6c8ccccc8n%10c67)nc6c5ccc5ccccc56)cc4)cc32)cc1. The van der Waals surface area contributed by atoms with Crippen LogP contribution in [-0.4, -0.2) is 23.5 Å². The van der Waals surface area contributed by atoms with Crippen LogP contribution < -0.4 is 0 Å². The van der Waals surface area contributed by atoms with Gasteiger partial charge in [0.2, 0.25) is 5.95 Å². The van der Waals surface area contributed by atoms with Crippen molar-refractivity contribution in [3.63, 3.8) is 0 Å². The summed E-state index contributed by atoms with van der Waals surface area (Å²) < 4.78 is 13.8. The zero-order chi connectivity index (χ0) is 42.8. The number of fused-ring (bicyclic) bond motifs is 10. The van der Waals surface area contributed by atoms with Gasteiger partial charge in [-0.2, -0.15) is 0 Å². The number of nitrogens with zero attached hydrogens (tertiary/aromatic N) is 5. The normalized spacial score (nSPS) is 12.5. The minimum Gasteiger partial charge on any atom is -0.456 e. The summed E-state index contributed by atoms with van der Waals surface area (Å²) in [6, 6.07) is 72.1. The Morgan fingerprint density at radius 1 is 0.348 bits per heavy atom. The molecule has 6 aromatic heterocycles. The molecule has 0 saturated carbocycles. The number of hydrogen-bond acceptors (Lipinski definition) is 3. The van der Waals surface area contributed by atoms with Crippen LogP contribution in [0.2, 0.25) is 0 Å². The summed E-state index contributed by atoms with van der Waals surface area (Å²) in [6.07, 6.45) is 0. The molecule has 0 aliphatic carbocycles. The Bertz CT molecular complexity index is 4680. The zero-order valence-corrected chi connectivity index (χ0v) is 35.2. The van der Waals surface area contributed by atoms with Crippen molar-refractivity contribution >= 4 is 115 Å². The second kappa shape index (κ2) is 12.4. The fourth-order valence-corrected chi connectivity index (χ4v) is 11.6. The van der Waals surface area contributed by atoms with Gasteiger partial charge in [0, 0.05) is 59.7 Å². The standard InChI is InChI=1S/C60H33N5O/c1-2-12-38(13-3-1)63-45-17-8-6-15-40(45)42-27-26-37(33-50(42)63)34-21-23-36(24-22-34)57-44-28-25-35-11-4-5-14-39(35)58(44)62-60(61-57)65-48-31-32-52-56-53-47(19-10-20-51(53)66-52)64-46-18-9-7-16-41(46)43-29-30-49(65)55(54(48)56)59(43)64/h1-33H. The highest BCUT2D eigenvalue weighted by Gasteiger charge is 2.28. The van der Waals surface area contributed by atoms with E-state index >= 15 is 0 Å². The molecule has 0 unspecified atom stereocenters. The van der Waals surface area contributed by atoms with Gasteiger partial charge in [-0.1, -0.05) is 133 Å². The average molecular weight is 840 g/mol. The lowest BCUT2D eigenvalue weighted by atomic mass is 9.98. The van der Waals surface area contributed by atoms with Crippen LogP contribution >= 0.6 is 0 Å². The first-order chi connectivity index (χ1) is 32.7. The number of aromatic nitrogens is 5. The van der Waals surface area contributed by atoms with E-state index in [0.29, 0.717) is 5.95 Å². The van der Waals surface area contributed by atoms with Gasteiger partial charge < -0.3 is 13.4 Å². The maximum absolute atomic E-state index is 6.65. The van der Waals surface area contributed by atoms with E-state index in [1.165, 1.54) is 49.0 Å². The first-order valence-corrected chi connectivity index (χ1v) is 22.5. The smallest absolute Gasteiger partial charge is 0.235 e. The van der Waals surface area contributed by atoms with E-state index in [1.54, 1.807) is 0 Å². The molecule has 6 heterocycles. The van der Waals surface area contributed by atoms with Crippen LogP contribution in [0.5, 0.6) is 0 Å². The predicted molar refractivity (Wildman–Crippen MR) is 272 cm³/mol. The molecule has 10 aromatic carbocycles. The fraction of sp³-hybridized carbons (Fsp3) is 0. The van der Waals surface area contributed by atoms with E-state index in [4.69, 9.17) is 14.4 Å². The van der Waals surface area contributed by atoms with Gasteiger partial charge in [0.05, 0.1) is 55.2 Å². The van der Waals surface area contributed by atoms with Crippen LogP contribution in [0.4, 0.5) is 0 Å². The van der Waals surface area contributed by atoms with E-state index in [9.17, 15) is 0 Å². The lowest BCUT2D eigenvalue weighted by Crippen LogP contribution is -2.04. The Morgan fingerprint density at radius 3 is 1.88 bits per heavy atom. The van der Waals surface area contributed by atoms with Crippen LogP contribution in [0.15, 0.2) is 205 Å². The molecular formula is C60H33N5O. The maximum atomic E-state index is 6.65. The van der Waals surface area contributed by atoms with E-state index in [1.807, 2.05) is 0 Å². The van der Waals surface area contributed by atoms with Crippen molar-refractivity contribution in [3.05, 3.63) is 200 Å². The molecule has 304 valence electrons. The number of benzene rings is 10. The second-order valence-corrected chi connectivity index (χ2v) is 17.7. The molecule has 6 heteroatoms. The topological polar surface area (TPSA) is 53.2 Å². The number of rotatable bonds is 4. The Balaban J connectivity index is 0.950. The van der Waals surface area contributed by atoms with E-state index in [-0.39, 0.29) is 0 Å². The highest BCUT2D eigenvalue weighted by Crippen LogP contribution is 2.49. The predicted octanol–water partition coefficient (Wildman–Crippen LogP) is 15.6. The van der Waals surface area contributed by atoms with Gasteiger partial charge in [-0.3, -0.25) is 4.57 Å². The van der Waals surface area contributed by atoms with Crippen LogP contribution in [0.1, 0.15) is 0 Å². The van der Waals surface area contributed by atoms with Gasteiger partial charge in [-0.15, -0.1) is 0 Å². The molecule has 0 aliphatic rings. The largest absolute Gasteiger partial charge is 0.456 e. The molecule has 6 nitrogen and oxygen atoms in total. The lowest BCUT2D eigenvalue weighted by Gasteiger charge is -2.14. The van der Waals surface area contributed by atoms with Gasteiger partial charge in [0.15, 0.2) is 0 Å². The first-order valence-electron chi connectivity index (χ1n) is 22.5. The third-order valence-electron chi connectivity index (χ3n) is 14.4. The minimum absolute atomic E-state index is 0.632. The lowest BCUT2D eigenvalue weighted by molar-refractivity contribution is 0.669. The number of furan rings is 1. The Hall–Kier alpha value is -9.00.